The van der Waals surface area contributed by atoms with Crippen molar-refractivity contribution in [2.24, 2.45) is 0 Å². The second-order valence-electron chi connectivity index (χ2n) is 8.83. The molecule has 0 aliphatic carbocycles. The van der Waals surface area contributed by atoms with Crippen LogP contribution in [-0.2, 0) is 11.3 Å². The van der Waals surface area contributed by atoms with Crippen molar-refractivity contribution in [2.45, 2.75) is 51.9 Å². The first-order valence-electron chi connectivity index (χ1n) is 11.6. The zero-order valence-electron chi connectivity index (χ0n) is 18.9. The van der Waals surface area contributed by atoms with Gasteiger partial charge >= 0.3 is 0 Å². The van der Waals surface area contributed by atoms with E-state index in [1.165, 1.54) is 6.42 Å². The molecular formula is C24H27N7O2. The zero-order valence-corrected chi connectivity index (χ0v) is 18.9. The molecule has 1 unspecified atom stereocenters. The minimum atomic E-state index is 0.0377. The lowest BCUT2D eigenvalue weighted by Gasteiger charge is -2.25. The summed E-state index contributed by atoms with van der Waals surface area (Å²) in [6, 6.07) is 6.50. The van der Waals surface area contributed by atoms with Crippen molar-refractivity contribution >= 4 is 0 Å². The molecule has 4 aromatic rings. The van der Waals surface area contributed by atoms with E-state index in [9.17, 15) is 0 Å². The molecular weight excluding hydrogens is 418 g/mol. The molecule has 0 spiro atoms. The van der Waals surface area contributed by atoms with Gasteiger partial charge in [-0.2, -0.15) is 5.10 Å². The van der Waals surface area contributed by atoms with E-state index in [1.54, 1.807) is 6.33 Å². The van der Waals surface area contributed by atoms with Crippen LogP contribution in [0.4, 0.5) is 0 Å². The maximum Gasteiger partial charge on any atom is 0.178 e. The van der Waals surface area contributed by atoms with Crippen molar-refractivity contribution in [2.75, 3.05) is 13.2 Å². The highest BCUT2D eigenvalue weighted by atomic mass is 16.5. The first-order valence-corrected chi connectivity index (χ1v) is 11.6. The molecule has 0 radical (unpaired) electrons. The molecule has 2 aliphatic heterocycles. The fourth-order valence-electron chi connectivity index (χ4n) is 4.66. The van der Waals surface area contributed by atoms with Crippen molar-refractivity contribution in [1.82, 2.24) is 33.9 Å². The summed E-state index contributed by atoms with van der Waals surface area (Å²) in [7, 11) is 0. The van der Waals surface area contributed by atoms with Gasteiger partial charge in [-0.1, -0.05) is 6.07 Å². The second-order valence-corrected chi connectivity index (χ2v) is 8.83. The minimum absolute atomic E-state index is 0.0377. The number of rotatable bonds is 4. The minimum Gasteiger partial charge on any atom is -0.491 e. The molecule has 1 saturated heterocycles. The van der Waals surface area contributed by atoms with Gasteiger partial charge in [-0.05, 0) is 45.2 Å². The highest BCUT2D eigenvalue weighted by molar-refractivity contribution is 5.74. The van der Waals surface area contributed by atoms with Crippen LogP contribution < -0.4 is 4.74 Å². The fourth-order valence-corrected chi connectivity index (χ4v) is 4.66. The predicted molar refractivity (Wildman–Crippen MR) is 123 cm³/mol. The molecule has 0 amide bonds. The van der Waals surface area contributed by atoms with Gasteiger partial charge in [-0.25, -0.2) is 19.6 Å². The van der Waals surface area contributed by atoms with Crippen molar-refractivity contribution in [3.05, 3.63) is 43.2 Å². The highest BCUT2D eigenvalue weighted by Gasteiger charge is 2.24. The van der Waals surface area contributed by atoms with Crippen LogP contribution in [-0.4, -0.2) is 47.1 Å². The number of aromatic nitrogens is 7. The Kier molecular flexibility index (Phi) is 4.98. The Labute approximate surface area is 192 Å². The number of hydrogen-bond acceptors (Lipinski definition) is 6. The summed E-state index contributed by atoms with van der Waals surface area (Å²) in [5.41, 5.74) is 3.88. The molecule has 1 fully saturated rings. The molecule has 9 heteroatoms. The molecule has 1 atom stereocenters. The first-order chi connectivity index (χ1) is 16.2. The summed E-state index contributed by atoms with van der Waals surface area (Å²) >= 11 is 0. The van der Waals surface area contributed by atoms with Gasteiger partial charge in [-0.3, -0.25) is 0 Å². The smallest absolute Gasteiger partial charge is 0.178 e. The Balaban J connectivity index is 1.38. The molecule has 0 bridgehead atoms. The molecule has 0 N–H and O–H groups in total. The van der Waals surface area contributed by atoms with E-state index in [-0.39, 0.29) is 12.3 Å². The molecule has 170 valence electrons. The van der Waals surface area contributed by atoms with Crippen LogP contribution in [0, 0.1) is 0 Å². The molecule has 6 rings (SSSR count). The molecule has 5 heterocycles. The van der Waals surface area contributed by atoms with E-state index in [0.717, 1.165) is 65.9 Å². The third kappa shape index (κ3) is 3.52. The Morgan fingerprint density at radius 1 is 1.12 bits per heavy atom. The summed E-state index contributed by atoms with van der Waals surface area (Å²) < 4.78 is 18.3. The SMILES string of the molecule is CC(C)n1ncnc1-c1cn2c(n1)-c1ccc(-c3cncn3C3CCCCO3)cc1OCC2. The molecule has 0 saturated carbocycles. The number of imidazole rings is 2. The predicted octanol–water partition coefficient (Wildman–Crippen LogP) is 4.34. The van der Waals surface area contributed by atoms with E-state index in [1.807, 2.05) is 23.4 Å². The third-order valence-electron chi connectivity index (χ3n) is 6.31. The number of ether oxygens (including phenoxy) is 2. The Morgan fingerprint density at radius 2 is 2.06 bits per heavy atom. The maximum atomic E-state index is 6.15. The Morgan fingerprint density at radius 3 is 2.91 bits per heavy atom. The van der Waals surface area contributed by atoms with Crippen LogP contribution in [0.15, 0.2) is 43.2 Å². The van der Waals surface area contributed by atoms with E-state index in [0.29, 0.717) is 6.61 Å². The summed E-state index contributed by atoms with van der Waals surface area (Å²) in [5, 5.41) is 4.36. The third-order valence-corrected chi connectivity index (χ3v) is 6.31. The van der Waals surface area contributed by atoms with Gasteiger partial charge in [0.25, 0.3) is 0 Å². The molecule has 33 heavy (non-hydrogen) atoms. The van der Waals surface area contributed by atoms with Crippen LogP contribution in [0.5, 0.6) is 5.75 Å². The summed E-state index contributed by atoms with van der Waals surface area (Å²) in [6.07, 6.45) is 10.7. The molecule has 9 nitrogen and oxygen atoms in total. The number of fused-ring (bicyclic) bond motifs is 3. The first kappa shape index (κ1) is 20.2. The second kappa shape index (κ2) is 8.15. The molecule has 3 aromatic heterocycles. The van der Waals surface area contributed by atoms with Crippen molar-refractivity contribution in [1.29, 1.82) is 0 Å². The largest absolute Gasteiger partial charge is 0.491 e. The Bertz CT molecular complexity index is 1280. The van der Waals surface area contributed by atoms with Gasteiger partial charge in [0.15, 0.2) is 5.82 Å². The van der Waals surface area contributed by atoms with Gasteiger partial charge in [0, 0.05) is 24.4 Å². The molecule has 1 aromatic carbocycles. The van der Waals surface area contributed by atoms with Gasteiger partial charge in [0.1, 0.15) is 36.4 Å². The van der Waals surface area contributed by atoms with E-state index in [4.69, 9.17) is 14.5 Å². The topological polar surface area (TPSA) is 84.8 Å². The zero-order chi connectivity index (χ0) is 22.4. The quantitative estimate of drug-likeness (QED) is 0.464. The van der Waals surface area contributed by atoms with Gasteiger partial charge in [0.2, 0.25) is 0 Å². The van der Waals surface area contributed by atoms with Gasteiger partial charge < -0.3 is 18.6 Å². The Hall–Kier alpha value is -3.46. The van der Waals surface area contributed by atoms with Crippen LogP contribution >= 0.6 is 0 Å². The van der Waals surface area contributed by atoms with E-state index < -0.39 is 0 Å². The average Bonchev–Trinajstić information content (AvgIpc) is 3.57. The van der Waals surface area contributed by atoms with E-state index in [2.05, 4.69) is 56.2 Å². The average molecular weight is 446 g/mol. The lowest BCUT2D eigenvalue weighted by molar-refractivity contribution is -0.0310. The number of nitrogens with zero attached hydrogens (tertiary/aromatic N) is 7. The van der Waals surface area contributed by atoms with Crippen molar-refractivity contribution in [3.8, 4) is 39.9 Å². The standard InChI is InChI=1S/C24H27N7O2/c1-16(2)31-24(26-14-27-31)19-13-29-8-10-32-21-11-17(6-7-18(21)23(29)28-19)20-12-25-15-30(20)22-5-3-4-9-33-22/h6-7,11-16,22H,3-5,8-10H2,1-2H3. The van der Waals surface area contributed by atoms with Crippen molar-refractivity contribution in [3.63, 3.8) is 0 Å². The lowest BCUT2D eigenvalue weighted by atomic mass is 10.1. The van der Waals surface area contributed by atoms with Crippen LogP contribution in [0.2, 0.25) is 0 Å². The van der Waals surface area contributed by atoms with Gasteiger partial charge in [0.05, 0.1) is 30.3 Å². The summed E-state index contributed by atoms with van der Waals surface area (Å²) in [5.74, 6) is 2.48. The normalized spacial score (nSPS) is 18.0. The van der Waals surface area contributed by atoms with Crippen molar-refractivity contribution < 1.29 is 9.47 Å². The highest BCUT2D eigenvalue weighted by Crippen LogP contribution is 2.38. The summed E-state index contributed by atoms with van der Waals surface area (Å²) in [6.45, 7) is 6.27. The lowest BCUT2D eigenvalue weighted by Crippen LogP contribution is -2.18. The summed E-state index contributed by atoms with van der Waals surface area (Å²) in [4.78, 5) is 13.8. The monoisotopic (exact) mass is 445 g/mol. The van der Waals surface area contributed by atoms with Gasteiger partial charge in [-0.15, -0.1) is 0 Å². The van der Waals surface area contributed by atoms with Crippen LogP contribution in [0.25, 0.3) is 34.2 Å². The fraction of sp³-hybridized carbons (Fsp3) is 0.417. The van der Waals surface area contributed by atoms with Crippen LogP contribution in [0.1, 0.15) is 45.4 Å². The number of benzene rings is 1. The maximum absolute atomic E-state index is 6.15. The molecule has 2 aliphatic rings. The van der Waals surface area contributed by atoms with Crippen LogP contribution in [0.3, 0.4) is 0 Å². The number of hydrogen-bond donors (Lipinski definition) is 0. The van der Waals surface area contributed by atoms with E-state index >= 15 is 0 Å².